The Morgan fingerprint density at radius 2 is 1.95 bits per heavy atom. The average molecular weight is 283 g/mol. The van der Waals surface area contributed by atoms with Crippen LogP contribution in [0, 0.1) is 11.3 Å². The molecule has 0 bridgehead atoms. The van der Waals surface area contributed by atoms with Gasteiger partial charge in [0.1, 0.15) is 5.60 Å². The highest BCUT2D eigenvalue weighted by molar-refractivity contribution is 5.80. The fourth-order valence-corrected chi connectivity index (χ4v) is 2.35. The van der Waals surface area contributed by atoms with Gasteiger partial charge in [-0.05, 0) is 33.1 Å². The van der Waals surface area contributed by atoms with Crippen LogP contribution in [0.2, 0.25) is 0 Å². The van der Waals surface area contributed by atoms with Crippen LogP contribution in [0.25, 0.3) is 0 Å². The van der Waals surface area contributed by atoms with Crippen molar-refractivity contribution in [2.75, 3.05) is 7.11 Å². The zero-order valence-corrected chi connectivity index (χ0v) is 13.1. The number of esters is 1. The monoisotopic (exact) mass is 283 g/mol. The minimum Gasteiger partial charge on any atom is -0.468 e. The van der Waals surface area contributed by atoms with E-state index in [1.807, 2.05) is 46.8 Å². The second kappa shape index (κ2) is 5.85. The maximum absolute atomic E-state index is 12.0. The number of ether oxygens (including phenoxy) is 2. The van der Waals surface area contributed by atoms with Crippen LogP contribution in [0.3, 0.4) is 0 Å². The Bertz CT molecular complexity index is 409. The molecule has 1 aliphatic carbocycles. The second-order valence-electron chi connectivity index (χ2n) is 6.50. The SMILES string of the molecule is COC(=O)[C@]1(C(C)C)C=C[C@H](NC(=O)OC(C)(C)C)C1. The van der Waals surface area contributed by atoms with Crippen LogP contribution in [0.15, 0.2) is 12.2 Å². The van der Waals surface area contributed by atoms with Crippen LogP contribution in [-0.2, 0) is 14.3 Å². The minimum absolute atomic E-state index is 0.0941. The molecule has 5 nitrogen and oxygen atoms in total. The third-order valence-corrected chi connectivity index (χ3v) is 3.48. The molecule has 5 heteroatoms. The van der Waals surface area contributed by atoms with Gasteiger partial charge in [0.15, 0.2) is 0 Å². The molecule has 0 spiro atoms. The van der Waals surface area contributed by atoms with Crippen molar-refractivity contribution in [2.45, 2.75) is 52.7 Å². The number of hydrogen-bond donors (Lipinski definition) is 1. The van der Waals surface area contributed by atoms with E-state index < -0.39 is 17.1 Å². The number of carbonyl (C=O) groups is 2. The minimum atomic E-state index is -0.672. The van der Waals surface area contributed by atoms with E-state index in [0.29, 0.717) is 6.42 Å². The molecule has 1 N–H and O–H groups in total. The first-order chi connectivity index (χ1) is 9.10. The lowest BCUT2D eigenvalue weighted by Gasteiger charge is -2.30. The fourth-order valence-electron chi connectivity index (χ4n) is 2.35. The molecular weight excluding hydrogens is 258 g/mol. The number of hydrogen-bond acceptors (Lipinski definition) is 4. The molecule has 0 aromatic rings. The van der Waals surface area contributed by atoms with Gasteiger partial charge < -0.3 is 14.8 Å². The van der Waals surface area contributed by atoms with Crippen molar-refractivity contribution in [1.82, 2.24) is 5.32 Å². The summed E-state index contributed by atoms with van der Waals surface area (Å²) in [4.78, 5) is 23.8. The largest absolute Gasteiger partial charge is 0.468 e. The molecule has 0 heterocycles. The molecule has 0 saturated carbocycles. The van der Waals surface area contributed by atoms with Gasteiger partial charge >= 0.3 is 12.1 Å². The van der Waals surface area contributed by atoms with Gasteiger partial charge in [-0.1, -0.05) is 26.0 Å². The summed E-state index contributed by atoms with van der Waals surface area (Å²) in [6, 6.07) is -0.216. The normalized spacial score (nSPS) is 25.6. The predicted molar refractivity (Wildman–Crippen MR) is 76.2 cm³/mol. The molecule has 2 atom stereocenters. The summed E-state index contributed by atoms with van der Waals surface area (Å²) < 4.78 is 10.1. The van der Waals surface area contributed by atoms with Crippen LogP contribution in [-0.4, -0.2) is 30.8 Å². The maximum Gasteiger partial charge on any atom is 0.408 e. The van der Waals surface area contributed by atoms with Crippen molar-refractivity contribution in [3.8, 4) is 0 Å². The van der Waals surface area contributed by atoms with E-state index in [-0.39, 0.29) is 17.9 Å². The van der Waals surface area contributed by atoms with E-state index in [2.05, 4.69) is 5.32 Å². The summed E-state index contributed by atoms with van der Waals surface area (Å²) in [5, 5.41) is 2.77. The zero-order valence-electron chi connectivity index (χ0n) is 13.1. The van der Waals surface area contributed by atoms with Gasteiger partial charge in [0.25, 0.3) is 0 Å². The number of methoxy groups -OCH3 is 1. The highest BCUT2D eigenvalue weighted by Crippen LogP contribution is 2.40. The number of amides is 1. The van der Waals surface area contributed by atoms with E-state index in [1.165, 1.54) is 7.11 Å². The van der Waals surface area contributed by atoms with Crippen molar-refractivity contribution >= 4 is 12.1 Å². The molecule has 0 fully saturated rings. The van der Waals surface area contributed by atoms with Crippen molar-refractivity contribution in [1.29, 1.82) is 0 Å². The van der Waals surface area contributed by atoms with Crippen molar-refractivity contribution in [2.24, 2.45) is 11.3 Å². The topological polar surface area (TPSA) is 64.6 Å². The summed E-state index contributed by atoms with van der Waals surface area (Å²) in [6.45, 7) is 9.37. The summed E-state index contributed by atoms with van der Waals surface area (Å²) >= 11 is 0. The number of carbonyl (C=O) groups excluding carboxylic acids is 2. The standard InChI is InChI=1S/C15H25NO4/c1-10(2)15(12(17)19-6)8-7-11(9-15)16-13(18)20-14(3,4)5/h7-8,10-11H,9H2,1-6H3,(H,16,18)/t11-,15+/m0/s1. The van der Waals surface area contributed by atoms with E-state index in [0.717, 1.165) is 0 Å². The van der Waals surface area contributed by atoms with E-state index >= 15 is 0 Å². The molecule has 0 aliphatic heterocycles. The quantitative estimate of drug-likeness (QED) is 0.639. The van der Waals surface area contributed by atoms with E-state index in [1.54, 1.807) is 0 Å². The Hall–Kier alpha value is -1.52. The summed E-state index contributed by atoms with van der Waals surface area (Å²) in [5.41, 5.74) is -1.21. The van der Waals surface area contributed by atoms with Crippen molar-refractivity contribution < 1.29 is 19.1 Å². The van der Waals surface area contributed by atoms with Crippen LogP contribution < -0.4 is 5.32 Å². The van der Waals surface area contributed by atoms with Gasteiger partial charge in [-0.15, -0.1) is 0 Å². The molecule has 114 valence electrons. The Labute approximate surface area is 120 Å². The van der Waals surface area contributed by atoms with Gasteiger partial charge in [0.2, 0.25) is 0 Å². The number of rotatable bonds is 3. The second-order valence-corrected chi connectivity index (χ2v) is 6.50. The molecule has 20 heavy (non-hydrogen) atoms. The Morgan fingerprint density at radius 3 is 2.40 bits per heavy atom. The third-order valence-electron chi connectivity index (χ3n) is 3.48. The fraction of sp³-hybridized carbons (Fsp3) is 0.733. The molecule has 0 aromatic heterocycles. The summed E-state index contributed by atoms with van der Waals surface area (Å²) in [6.07, 6.45) is 3.69. The lowest BCUT2D eigenvalue weighted by atomic mass is 9.76. The van der Waals surface area contributed by atoms with E-state index in [4.69, 9.17) is 9.47 Å². The molecule has 0 unspecified atom stereocenters. The Balaban J connectivity index is 2.70. The Morgan fingerprint density at radius 1 is 1.35 bits per heavy atom. The first kappa shape index (κ1) is 16.5. The third kappa shape index (κ3) is 3.74. The maximum atomic E-state index is 12.0. The van der Waals surface area contributed by atoms with Crippen LogP contribution in [0.4, 0.5) is 4.79 Å². The molecular formula is C15H25NO4. The van der Waals surface area contributed by atoms with Crippen molar-refractivity contribution in [3.05, 3.63) is 12.2 Å². The van der Waals surface area contributed by atoms with Gasteiger partial charge in [-0.25, -0.2) is 4.79 Å². The molecule has 0 saturated heterocycles. The molecule has 1 aliphatic rings. The number of alkyl carbamates (subject to hydrolysis) is 1. The molecule has 1 rings (SSSR count). The smallest absolute Gasteiger partial charge is 0.408 e. The van der Waals surface area contributed by atoms with Crippen LogP contribution >= 0.6 is 0 Å². The highest BCUT2D eigenvalue weighted by atomic mass is 16.6. The van der Waals surface area contributed by atoms with Gasteiger partial charge in [-0.3, -0.25) is 4.79 Å². The van der Waals surface area contributed by atoms with Gasteiger partial charge in [-0.2, -0.15) is 0 Å². The Kier molecular flexibility index (Phi) is 4.84. The average Bonchev–Trinajstić information content (AvgIpc) is 2.70. The molecule has 0 radical (unpaired) electrons. The highest BCUT2D eigenvalue weighted by Gasteiger charge is 2.45. The summed E-state index contributed by atoms with van der Waals surface area (Å²) in [5.74, 6) is -0.172. The van der Waals surface area contributed by atoms with Gasteiger partial charge in [0.05, 0.1) is 18.6 Å². The van der Waals surface area contributed by atoms with Crippen molar-refractivity contribution in [3.63, 3.8) is 0 Å². The first-order valence-electron chi connectivity index (χ1n) is 6.88. The predicted octanol–water partition coefficient (Wildman–Crippen LogP) is 2.66. The lowest BCUT2D eigenvalue weighted by Crippen LogP contribution is -2.41. The van der Waals surface area contributed by atoms with E-state index in [9.17, 15) is 9.59 Å². The van der Waals surface area contributed by atoms with Crippen LogP contribution in [0.5, 0.6) is 0 Å². The molecule has 1 amide bonds. The first-order valence-corrected chi connectivity index (χ1v) is 6.88. The number of nitrogens with one attached hydrogen (secondary N) is 1. The van der Waals surface area contributed by atoms with Gasteiger partial charge in [0, 0.05) is 0 Å². The zero-order chi connectivity index (χ0) is 15.6. The molecule has 0 aromatic carbocycles. The summed E-state index contributed by atoms with van der Waals surface area (Å²) in [7, 11) is 1.38. The lowest BCUT2D eigenvalue weighted by molar-refractivity contribution is -0.152. The van der Waals surface area contributed by atoms with Crippen LogP contribution in [0.1, 0.15) is 41.0 Å².